The van der Waals surface area contributed by atoms with E-state index in [1.54, 1.807) is 0 Å². The van der Waals surface area contributed by atoms with E-state index >= 15 is 0 Å². The van der Waals surface area contributed by atoms with Gasteiger partial charge in [0.1, 0.15) is 0 Å². The van der Waals surface area contributed by atoms with Crippen LogP contribution in [0.4, 0.5) is 0 Å². The summed E-state index contributed by atoms with van der Waals surface area (Å²) in [5.74, 6) is 0.155. The summed E-state index contributed by atoms with van der Waals surface area (Å²) in [6.07, 6.45) is 5.80. The molecule has 4 nitrogen and oxygen atoms in total. The van der Waals surface area contributed by atoms with Crippen LogP contribution in [0.2, 0.25) is 0 Å². The number of piperazine rings is 1. The number of carboxylic acids is 1. The predicted molar refractivity (Wildman–Crippen MR) is 71.7 cm³/mol. The van der Waals surface area contributed by atoms with Crippen LogP contribution in [-0.4, -0.2) is 59.6 Å². The van der Waals surface area contributed by atoms with E-state index in [2.05, 4.69) is 16.7 Å². The van der Waals surface area contributed by atoms with Gasteiger partial charge < -0.3 is 10.0 Å². The third-order valence-electron chi connectivity index (χ3n) is 4.58. The molecule has 2 aliphatic rings. The van der Waals surface area contributed by atoms with Crippen molar-refractivity contribution >= 4 is 5.97 Å². The first-order valence-corrected chi connectivity index (χ1v) is 7.35. The van der Waals surface area contributed by atoms with E-state index in [1.165, 1.54) is 25.7 Å². The number of rotatable bonds is 4. The Labute approximate surface area is 110 Å². The Morgan fingerprint density at radius 1 is 1.17 bits per heavy atom. The zero-order chi connectivity index (χ0) is 13.0. The Morgan fingerprint density at radius 3 is 2.44 bits per heavy atom. The molecule has 1 heterocycles. The third-order valence-corrected chi connectivity index (χ3v) is 4.58. The topological polar surface area (TPSA) is 43.8 Å². The van der Waals surface area contributed by atoms with Crippen LogP contribution in [0.5, 0.6) is 0 Å². The van der Waals surface area contributed by atoms with Gasteiger partial charge in [0.25, 0.3) is 0 Å². The van der Waals surface area contributed by atoms with Crippen molar-refractivity contribution in [3.05, 3.63) is 0 Å². The fourth-order valence-electron chi connectivity index (χ4n) is 3.41. The number of nitrogens with zero attached hydrogens (tertiary/aromatic N) is 2. The highest BCUT2D eigenvalue weighted by Crippen LogP contribution is 2.28. The Bertz CT molecular complexity index is 275. The number of aliphatic carboxylic acids is 1. The van der Waals surface area contributed by atoms with Gasteiger partial charge in [0.2, 0.25) is 0 Å². The highest BCUT2D eigenvalue weighted by molar-refractivity contribution is 5.66. The summed E-state index contributed by atoms with van der Waals surface area (Å²) in [5, 5.41) is 8.70. The fraction of sp³-hybridized carbons (Fsp3) is 0.929. The van der Waals surface area contributed by atoms with E-state index in [0.717, 1.165) is 38.1 Å². The SMILES string of the molecule is CC1CCCCC1N1CCN(CCC(=O)O)CC1. The zero-order valence-corrected chi connectivity index (χ0v) is 11.5. The lowest BCUT2D eigenvalue weighted by atomic mass is 9.84. The van der Waals surface area contributed by atoms with Gasteiger partial charge in [-0.25, -0.2) is 0 Å². The largest absolute Gasteiger partial charge is 0.481 e. The van der Waals surface area contributed by atoms with Crippen LogP contribution < -0.4 is 0 Å². The van der Waals surface area contributed by atoms with Gasteiger partial charge in [0.05, 0.1) is 6.42 Å². The fourth-order valence-corrected chi connectivity index (χ4v) is 3.41. The lowest BCUT2D eigenvalue weighted by molar-refractivity contribution is -0.137. The molecule has 1 saturated carbocycles. The highest BCUT2D eigenvalue weighted by Gasteiger charge is 2.29. The normalized spacial score (nSPS) is 31.4. The van der Waals surface area contributed by atoms with Crippen molar-refractivity contribution in [2.45, 2.75) is 45.1 Å². The summed E-state index contributed by atoms with van der Waals surface area (Å²) < 4.78 is 0. The molecule has 0 aromatic rings. The molecule has 104 valence electrons. The Hall–Kier alpha value is -0.610. The minimum absolute atomic E-state index is 0.278. The van der Waals surface area contributed by atoms with Gasteiger partial charge >= 0.3 is 5.97 Å². The second-order valence-corrected chi connectivity index (χ2v) is 5.85. The van der Waals surface area contributed by atoms with Crippen LogP contribution in [-0.2, 0) is 4.79 Å². The molecule has 2 atom stereocenters. The number of hydrogen-bond donors (Lipinski definition) is 1. The first-order valence-electron chi connectivity index (χ1n) is 7.35. The molecule has 0 amide bonds. The first kappa shape index (κ1) is 13.8. The summed E-state index contributed by atoms with van der Waals surface area (Å²) in [5.41, 5.74) is 0. The molecule has 2 unspecified atom stereocenters. The molecule has 0 spiro atoms. The second kappa shape index (κ2) is 6.53. The monoisotopic (exact) mass is 254 g/mol. The average molecular weight is 254 g/mol. The van der Waals surface area contributed by atoms with Crippen LogP contribution in [0, 0.1) is 5.92 Å². The van der Waals surface area contributed by atoms with Crippen LogP contribution in [0.15, 0.2) is 0 Å². The van der Waals surface area contributed by atoms with Crippen molar-refractivity contribution < 1.29 is 9.90 Å². The van der Waals surface area contributed by atoms with Gasteiger partial charge in [0, 0.05) is 38.8 Å². The quantitative estimate of drug-likeness (QED) is 0.828. The maximum atomic E-state index is 10.6. The van der Waals surface area contributed by atoms with Crippen molar-refractivity contribution in [1.82, 2.24) is 9.80 Å². The van der Waals surface area contributed by atoms with E-state index in [1.807, 2.05) is 0 Å². The van der Waals surface area contributed by atoms with Crippen LogP contribution in [0.3, 0.4) is 0 Å². The van der Waals surface area contributed by atoms with Crippen molar-refractivity contribution in [3.8, 4) is 0 Å². The van der Waals surface area contributed by atoms with Crippen molar-refractivity contribution in [2.75, 3.05) is 32.7 Å². The average Bonchev–Trinajstić information content (AvgIpc) is 2.38. The van der Waals surface area contributed by atoms with E-state index in [9.17, 15) is 4.79 Å². The Kier molecular flexibility index (Phi) is 5.01. The van der Waals surface area contributed by atoms with Crippen molar-refractivity contribution in [1.29, 1.82) is 0 Å². The Morgan fingerprint density at radius 2 is 1.83 bits per heavy atom. The summed E-state index contributed by atoms with van der Waals surface area (Å²) in [7, 11) is 0. The minimum atomic E-state index is -0.682. The molecular formula is C14H26N2O2. The number of carbonyl (C=O) groups is 1. The van der Waals surface area contributed by atoms with E-state index in [4.69, 9.17) is 5.11 Å². The summed E-state index contributed by atoms with van der Waals surface area (Å²) in [6.45, 7) is 7.42. The molecule has 2 rings (SSSR count). The molecule has 18 heavy (non-hydrogen) atoms. The molecule has 1 aliphatic heterocycles. The third kappa shape index (κ3) is 3.69. The smallest absolute Gasteiger partial charge is 0.304 e. The van der Waals surface area contributed by atoms with E-state index in [0.29, 0.717) is 6.54 Å². The molecule has 2 fully saturated rings. The van der Waals surface area contributed by atoms with Crippen LogP contribution in [0.25, 0.3) is 0 Å². The molecule has 1 saturated heterocycles. The Balaban J connectivity index is 1.74. The molecule has 0 radical (unpaired) electrons. The van der Waals surface area contributed by atoms with Crippen LogP contribution >= 0.6 is 0 Å². The van der Waals surface area contributed by atoms with Gasteiger partial charge in [-0.05, 0) is 18.8 Å². The second-order valence-electron chi connectivity index (χ2n) is 5.85. The number of carboxylic acid groups (broad SMARTS) is 1. The van der Waals surface area contributed by atoms with Gasteiger partial charge in [-0.2, -0.15) is 0 Å². The molecule has 4 heteroatoms. The van der Waals surface area contributed by atoms with Crippen molar-refractivity contribution in [2.24, 2.45) is 5.92 Å². The summed E-state index contributed by atoms with van der Waals surface area (Å²) in [4.78, 5) is 15.5. The lowest BCUT2D eigenvalue weighted by Gasteiger charge is -2.43. The zero-order valence-electron chi connectivity index (χ0n) is 11.5. The van der Waals surface area contributed by atoms with Gasteiger partial charge in [-0.3, -0.25) is 9.69 Å². The molecule has 1 N–H and O–H groups in total. The van der Waals surface area contributed by atoms with Gasteiger partial charge in [-0.1, -0.05) is 19.8 Å². The van der Waals surface area contributed by atoms with E-state index in [-0.39, 0.29) is 6.42 Å². The standard InChI is InChI=1S/C14H26N2O2/c1-12-4-2-3-5-13(12)16-10-8-15(9-11-16)7-6-14(17)18/h12-13H,2-11H2,1H3,(H,17,18). The number of hydrogen-bond acceptors (Lipinski definition) is 3. The highest BCUT2D eigenvalue weighted by atomic mass is 16.4. The van der Waals surface area contributed by atoms with Crippen LogP contribution in [0.1, 0.15) is 39.0 Å². The molecular weight excluding hydrogens is 228 g/mol. The predicted octanol–water partition coefficient (Wildman–Crippen LogP) is 1.66. The summed E-state index contributed by atoms with van der Waals surface area (Å²) in [6, 6.07) is 0.778. The van der Waals surface area contributed by atoms with Gasteiger partial charge in [-0.15, -0.1) is 0 Å². The molecule has 0 bridgehead atoms. The lowest BCUT2D eigenvalue weighted by Crippen LogP contribution is -2.52. The minimum Gasteiger partial charge on any atom is -0.481 e. The van der Waals surface area contributed by atoms with Crippen molar-refractivity contribution in [3.63, 3.8) is 0 Å². The van der Waals surface area contributed by atoms with Gasteiger partial charge in [0.15, 0.2) is 0 Å². The maximum Gasteiger partial charge on any atom is 0.304 e. The summed E-state index contributed by atoms with van der Waals surface area (Å²) >= 11 is 0. The maximum absolute atomic E-state index is 10.6. The first-order chi connectivity index (χ1) is 8.66. The molecule has 0 aromatic heterocycles. The van der Waals surface area contributed by atoms with E-state index < -0.39 is 5.97 Å². The molecule has 1 aliphatic carbocycles. The molecule has 0 aromatic carbocycles.